The lowest BCUT2D eigenvalue weighted by molar-refractivity contribution is -0.118. The number of phenolic OH excluding ortho intramolecular Hbond substituents is 1. The van der Waals surface area contributed by atoms with Gasteiger partial charge in [-0.25, -0.2) is 10.4 Å². The van der Waals surface area contributed by atoms with E-state index in [2.05, 4.69) is 47.4 Å². The van der Waals surface area contributed by atoms with Crippen molar-refractivity contribution in [1.29, 1.82) is 0 Å². The fourth-order valence-electron chi connectivity index (χ4n) is 3.19. The summed E-state index contributed by atoms with van der Waals surface area (Å²) < 4.78 is 7.92. The number of fused-ring (bicyclic) bond motifs is 1. The lowest BCUT2D eigenvalue weighted by atomic mass is 10.2. The highest BCUT2D eigenvalue weighted by molar-refractivity contribution is 9.11. The van der Waals surface area contributed by atoms with Crippen molar-refractivity contribution in [1.82, 2.24) is 15.0 Å². The summed E-state index contributed by atoms with van der Waals surface area (Å²) in [5.74, 6) is 0.227. The van der Waals surface area contributed by atoms with E-state index < -0.39 is 5.91 Å². The van der Waals surface area contributed by atoms with Crippen LogP contribution in [0.1, 0.15) is 5.56 Å². The maximum atomic E-state index is 13.3. The number of ether oxygens (including phenoxy) is 1. The molecule has 2 N–H and O–H groups in total. The Bertz CT molecular complexity index is 1490. The number of methoxy groups -OCH3 is 1. The summed E-state index contributed by atoms with van der Waals surface area (Å²) in [6, 6.07) is 17.4. The fourth-order valence-corrected chi connectivity index (χ4v) is 5.25. The Labute approximate surface area is 221 Å². The van der Waals surface area contributed by atoms with Crippen LogP contribution in [0.15, 0.2) is 84.7 Å². The van der Waals surface area contributed by atoms with E-state index in [1.165, 1.54) is 10.8 Å². The van der Waals surface area contributed by atoms with E-state index in [9.17, 15) is 14.7 Å². The van der Waals surface area contributed by atoms with Gasteiger partial charge in [-0.2, -0.15) is 5.10 Å². The minimum absolute atomic E-state index is 0.00412. The third-order valence-corrected chi connectivity index (χ3v) is 6.86. The summed E-state index contributed by atoms with van der Waals surface area (Å²) in [5.41, 5.74) is 3.75. The van der Waals surface area contributed by atoms with Crippen LogP contribution in [-0.2, 0) is 4.79 Å². The Morgan fingerprint density at radius 3 is 2.69 bits per heavy atom. The van der Waals surface area contributed by atoms with E-state index in [4.69, 9.17) is 4.74 Å². The molecular weight excluding hydrogens is 600 g/mol. The Morgan fingerprint density at radius 1 is 1.20 bits per heavy atom. The molecule has 0 saturated carbocycles. The molecule has 0 aliphatic carbocycles. The number of aromatic nitrogens is 2. The summed E-state index contributed by atoms with van der Waals surface area (Å²) in [6.45, 7) is 0. The number of carbonyl (C=O) groups is 1. The SMILES string of the molecule is COc1ccc(-n2c(SCC(=O)NN=Cc3cc(Br)cc(Br)c3O)nc3ccccc3c2=O)cc1. The number of rotatable bonds is 7. The second kappa shape index (κ2) is 11.1. The third kappa shape index (κ3) is 5.75. The minimum Gasteiger partial charge on any atom is -0.506 e. The standard InChI is InChI=1S/C24H18Br2N4O4S/c1-34-17-8-6-16(7-9-17)30-23(33)18-4-2-3-5-20(18)28-24(30)35-13-21(31)29-27-12-14-10-15(25)11-19(26)22(14)32/h2-12,32H,13H2,1H3,(H,29,31). The molecule has 0 fully saturated rings. The second-order valence-electron chi connectivity index (χ2n) is 7.16. The van der Waals surface area contributed by atoms with Gasteiger partial charge in [-0.1, -0.05) is 39.8 Å². The zero-order valence-electron chi connectivity index (χ0n) is 18.2. The molecule has 0 aliphatic heterocycles. The number of amides is 1. The number of thioether (sulfide) groups is 1. The van der Waals surface area contributed by atoms with Crippen LogP contribution in [0.25, 0.3) is 16.6 Å². The van der Waals surface area contributed by atoms with Gasteiger partial charge in [-0.3, -0.25) is 14.2 Å². The maximum Gasteiger partial charge on any atom is 0.266 e. The Kier molecular flexibility index (Phi) is 7.89. The average molecular weight is 618 g/mol. The fraction of sp³-hybridized carbons (Fsp3) is 0.0833. The molecule has 8 nitrogen and oxygen atoms in total. The normalized spacial score (nSPS) is 11.2. The van der Waals surface area contributed by atoms with Crippen molar-refractivity contribution >= 4 is 66.6 Å². The molecule has 0 aliphatic rings. The number of hydrogen-bond donors (Lipinski definition) is 2. The molecule has 4 rings (SSSR count). The average Bonchev–Trinajstić information content (AvgIpc) is 2.86. The van der Waals surface area contributed by atoms with Crippen molar-refractivity contribution in [3.05, 3.63) is 85.5 Å². The van der Waals surface area contributed by atoms with Crippen molar-refractivity contribution in [2.45, 2.75) is 5.16 Å². The lowest BCUT2D eigenvalue weighted by Gasteiger charge is -2.13. The van der Waals surface area contributed by atoms with E-state index in [0.29, 0.717) is 37.5 Å². The quantitative estimate of drug-likeness (QED) is 0.133. The number of hydrazone groups is 1. The second-order valence-corrected chi connectivity index (χ2v) is 9.87. The molecule has 0 atom stereocenters. The van der Waals surface area contributed by atoms with Crippen LogP contribution >= 0.6 is 43.6 Å². The zero-order valence-corrected chi connectivity index (χ0v) is 22.2. The monoisotopic (exact) mass is 616 g/mol. The van der Waals surface area contributed by atoms with Crippen LogP contribution in [-0.4, -0.2) is 39.6 Å². The molecule has 0 spiro atoms. The zero-order chi connectivity index (χ0) is 24.9. The van der Waals surface area contributed by atoms with Gasteiger partial charge in [0, 0.05) is 10.0 Å². The van der Waals surface area contributed by atoms with Gasteiger partial charge in [0.1, 0.15) is 11.5 Å². The van der Waals surface area contributed by atoms with Crippen LogP contribution in [0, 0.1) is 0 Å². The summed E-state index contributed by atoms with van der Waals surface area (Å²) >= 11 is 7.71. The molecular formula is C24H18Br2N4O4S. The molecule has 35 heavy (non-hydrogen) atoms. The van der Waals surface area contributed by atoms with Crippen LogP contribution < -0.4 is 15.7 Å². The number of phenols is 1. The van der Waals surface area contributed by atoms with Crippen molar-refractivity contribution in [3.63, 3.8) is 0 Å². The predicted octanol–water partition coefficient (Wildman–Crippen LogP) is 4.87. The van der Waals surface area contributed by atoms with E-state index in [0.717, 1.165) is 16.2 Å². The largest absolute Gasteiger partial charge is 0.506 e. The van der Waals surface area contributed by atoms with Crippen LogP contribution in [0.3, 0.4) is 0 Å². The summed E-state index contributed by atoms with van der Waals surface area (Å²) in [4.78, 5) is 30.4. The highest BCUT2D eigenvalue weighted by Gasteiger charge is 2.15. The van der Waals surface area contributed by atoms with Gasteiger partial charge in [0.15, 0.2) is 5.16 Å². The van der Waals surface area contributed by atoms with Crippen LogP contribution in [0.5, 0.6) is 11.5 Å². The van der Waals surface area contributed by atoms with Gasteiger partial charge in [-0.15, -0.1) is 0 Å². The molecule has 1 amide bonds. The molecule has 0 bridgehead atoms. The molecule has 0 radical (unpaired) electrons. The van der Waals surface area contributed by atoms with Gasteiger partial charge in [0.25, 0.3) is 11.5 Å². The van der Waals surface area contributed by atoms with Gasteiger partial charge in [-0.05, 0) is 64.5 Å². The summed E-state index contributed by atoms with van der Waals surface area (Å²) in [7, 11) is 1.57. The maximum absolute atomic E-state index is 13.3. The Hall–Kier alpha value is -3.15. The van der Waals surface area contributed by atoms with Gasteiger partial charge in [0.2, 0.25) is 0 Å². The lowest BCUT2D eigenvalue weighted by Crippen LogP contribution is -2.24. The van der Waals surface area contributed by atoms with Crippen molar-refractivity contribution in [2.75, 3.05) is 12.9 Å². The molecule has 0 saturated heterocycles. The Balaban J connectivity index is 1.56. The van der Waals surface area contributed by atoms with Gasteiger partial charge >= 0.3 is 0 Å². The number of hydrogen-bond acceptors (Lipinski definition) is 7. The molecule has 11 heteroatoms. The Morgan fingerprint density at radius 2 is 1.94 bits per heavy atom. The van der Waals surface area contributed by atoms with Gasteiger partial charge in [0.05, 0.1) is 40.1 Å². The van der Waals surface area contributed by atoms with Gasteiger partial charge < -0.3 is 9.84 Å². The summed E-state index contributed by atoms with van der Waals surface area (Å²) in [6.07, 6.45) is 1.34. The number of para-hydroxylation sites is 1. The first kappa shape index (κ1) is 25.0. The molecule has 1 heterocycles. The van der Waals surface area contributed by atoms with E-state index >= 15 is 0 Å². The first-order chi connectivity index (χ1) is 16.9. The van der Waals surface area contributed by atoms with Crippen molar-refractivity contribution in [2.24, 2.45) is 5.10 Å². The summed E-state index contributed by atoms with van der Waals surface area (Å²) in [5, 5.41) is 14.9. The molecule has 178 valence electrons. The van der Waals surface area contributed by atoms with Crippen LogP contribution in [0.4, 0.5) is 0 Å². The number of benzene rings is 3. The highest BCUT2D eigenvalue weighted by atomic mass is 79.9. The highest BCUT2D eigenvalue weighted by Crippen LogP contribution is 2.30. The van der Waals surface area contributed by atoms with E-state index in [-0.39, 0.29) is 17.1 Å². The molecule has 3 aromatic carbocycles. The number of nitrogens with one attached hydrogen (secondary N) is 1. The minimum atomic E-state index is -0.400. The third-order valence-electron chi connectivity index (χ3n) is 4.86. The first-order valence-corrected chi connectivity index (χ1v) is 12.7. The number of aromatic hydroxyl groups is 1. The van der Waals surface area contributed by atoms with Crippen molar-refractivity contribution < 1.29 is 14.6 Å². The topological polar surface area (TPSA) is 106 Å². The first-order valence-electron chi connectivity index (χ1n) is 10.2. The van der Waals surface area contributed by atoms with Crippen LogP contribution in [0.2, 0.25) is 0 Å². The molecule has 0 unspecified atom stereocenters. The number of carbonyl (C=O) groups excluding carboxylic acids is 1. The molecule has 1 aromatic heterocycles. The van der Waals surface area contributed by atoms with Crippen molar-refractivity contribution in [3.8, 4) is 17.2 Å². The number of halogens is 2. The van der Waals surface area contributed by atoms with E-state index in [1.807, 2.05) is 0 Å². The number of nitrogens with zero attached hydrogens (tertiary/aromatic N) is 3. The van der Waals surface area contributed by atoms with E-state index in [1.54, 1.807) is 67.8 Å². The smallest absolute Gasteiger partial charge is 0.266 e. The molecule has 4 aromatic rings. The predicted molar refractivity (Wildman–Crippen MR) is 144 cm³/mol.